The van der Waals surface area contributed by atoms with Gasteiger partial charge in [0.05, 0.1) is 13.1 Å². The third-order valence-electron chi connectivity index (χ3n) is 3.45. The van der Waals surface area contributed by atoms with Crippen molar-refractivity contribution in [1.29, 1.82) is 0 Å². The number of aryl methyl sites for hydroxylation is 2. The van der Waals surface area contributed by atoms with Crippen molar-refractivity contribution in [2.75, 3.05) is 18.0 Å². The van der Waals surface area contributed by atoms with Gasteiger partial charge in [0.15, 0.2) is 0 Å². The molecule has 3 nitrogen and oxygen atoms in total. The monoisotopic (exact) mass is 302 g/mol. The summed E-state index contributed by atoms with van der Waals surface area (Å²) in [4.78, 5) is 15.4. The molecule has 1 aromatic carbocycles. The smallest absolute Gasteiger partial charge is 0.239 e. The zero-order valence-electron chi connectivity index (χ0n) is 12.8. The molecule has 112 valence electrons. The molecule has 4 heteroatoms. The minimum atomic E-state index is 0.0604. The zero-order chi connectivity index (χ0) is 15.2. The number of hydrogen-bond acceptors (Lipinski definition) is 3. The average Bonchev–Trinajstić information content (AvgIpc) is 2.96. The van der Waals surface area contributed by atoms with Crippen LogP contribution in [0.5, 0.6) is 0 Å². The second-order valence-corrected chi connectivity index (χ2v) is 6.19. The lowest BCUT2D eigenvalue weighted by Gasteiger charge is -2.24. The van der Waals surface area contributed by atoms with Gasteiger partial charge in [0.1, 0.15) is 0 Å². The molecule has 0 saturated heterocycles. The van der Waals surface area contributed by atoms with Crippen LogP contribution in [0.4, 0.5) is 5.69 Å². The zero-order valence-corrected chi connectivity index (χ0v) is 13.7. The Morgan fingerprint density at radius 3 is 2.71 bits per heavy atom. The van der Waals surface area contributed by atoms with Gasteiger partial charge in [-0.1, -0.05) is 23.8 Å². The van der Waals surface area contributed by atoms with E-state index in [1.54, 1.807) is 11.3 Å². The van der Waals surface area contributed by atoms with E-state index in [0.717, 1.165) is 12.2 Å². The molecule has 1 N–H and O–H groups in total. The van der Waals surface area contributed by atoms with Crippen LogP contribution in [0.15, 0.2) is 35.7 Å². The fraction of sp³-hybridized carbons (Fsp3) is 0.353. The molecule has 1 amide bonds. The number of amides is 1. The predicted octanol–water partition coefficient (Wildman–Crippen LogP) is 3.51. The van der Waals surface area contributed by atoms with Gasteiger partial charge >= 0.3 is 0 Å². The summed E-state index contributed by atoms with van der Waals surface area (Å²) in [7, 11) is 0. The second-order valence-electron chi connectivity index (χ2n) is 5.16. The molecule has 0 aliphatic carbocycles. The number of rotatable bonds is 6. The predicted molar refractivity (Wildman–Crippen MR) is 90.0 cm³/mol. The molecule has 1 aromatic heterocycles. The van der Waals surface area contributed by atoms with Crippen LogP contribution in [0.3, 0.4) is 0 Å². The molecule has 0 bridgehead atoms. The Labute approximate surface area is 130 Å². The highest BCUT2D eigenvalue weighted by molar-refractivity contribution is 7.09. The number of likely N-dealkylation sites (N-methyl/N-ethyl adjacent to an activating group) is 1. The Kier molecular flexibility index (Phi) is 5.39. The van der Waals surface area contributed by atoms with Crippen LogP contribution in [-0.4, -0.2) is 19.0 Å². The quantitative estimate of drug-likeness (QED) is 0.885. The highest BCUT2D eigenvalue weighted by atomic mass is 32.1. The standard InChI is InChI=1S/C17H22N2OS/c1-4-19(16-8-7-13(2)10-14(16)3)12-17(20)18-11-15-6-5-9-21-15/h5-10H,4,11-12H2,1-3H3,(H,18,20). The van der Waals surface area contributed by atoms with E-state index in [2.05, 4.69) is 49.2 Å². The van der Waals surface area contributed by atoms with E-state index in [9.17, 15) is 4.79 Å². The lowest BCUT2D eigenvalue weighted by Crippen LogP contribution is -2.37. The summed E-state index contributed by atoms with van der Waals surface area (Å²) in [6.45, 7) is 8.07. The molecule has 0 atom stereocenters. The summed E-state index contributed by atoms with van der Waals surface area (Å²) in [5.74, 6) is 0.0604. The molecule has 0 fully saturated rings. The number of thiophene rings is 1. The Balaban J connectivity index is 1.96. The van der Waals surface area contributed by atoms with Crippen LogP contribution in [0.2, 0.25) is 0 Å². The van der Waals surface area contributed by atoms with Crippen LogP contribution in [0, 0.1) is 13.8 Å². The van der Waals surface area contributed by atoms with Crippen molar-refractivity contribution in [2.24, 2.45) is 0 Å². The van der Waals surface area contributed by atoms with E-state index in [1.165, 1.54) is 16.0 Å². The maximum atomic E-state index is 12.1. The Morgan fingerprint density at radius 1 is 1.29 bits per heavy atom. The van der Waals surface area contributed by atoms with Gasteiger partial charge in [0.25, 0.3) is 0 Å². The van der Waals surface area contributed by atoms with Gasteiger partial charge in [-0.25, -0.2) is 0 Å². The van der Waals surface area contributed by atoms with Gasteiger partial charge in [0.2, 0.25) is 5.91 Å². The summed E-state index contributed by atoms with van der Waals surface area (Å²) in [5, 5.41) is 5.00. The minimum Gasteiger partial charge on any atom is -0.362 e. The summed E-state index contributed by atoms with van der Waals surface area (Å²) in [5.41, 5.74) is 3.59. The fourth-order valence-corrected chi connectivity index (χ4v) is 3.00. The summed E-state index contributed by atoms with van der Waals surface area (Å²) in [6.07, 6.45) is 0. The molecular weight excluding hydrogens is 280 g/mol. The van der Waals surface area contributed by atoms with E-state index in [0.29, 0.717) is 13.1 Å². The van der Waals surface area contributed by atoms with E-state index in [4.69, 9.17) is 0 Å². The van der Waals surface area contributed by atoms with E-state index < -0.39 is 0 Å². The molecule has 1 heterocycles. The van der Waals surface area contributed by atoms with Crippen LogP contribution in [0.25, 0.3) is 0 Å². The Morgan fingerprint density at radius 2 is 2.10 bits per heavy atom. The number of nitrogens with one attached hydrogen (secondary N) is 1. The van der Waals surface area contributed by atoms with Gasteiger partial charge in [-0.3, -0.25) is 4.79 Å². The first-order chi connectivity index (χ1) is 10.1. The van der Waals surface area contributed by atoms with Crippen LogP contribution in [0.1, 0.15) is 22.9 Å². The molecule has 2 aromatic rings. The van der Waals surface area contributed by atoms with Crippen molar-refractivity contribution in [3.63, 3.8) is 0 Å². The maximum Gasteiger partial charge on any atom is 0.239 e. The maximum absolute atomic E-state index is 12.1. The first-order valence-electron chi connectivity index (χ1n) is 7.21. The second kappa shape index (κ2) is 7.27. The number of anilines is 1. The number of carbonyl (C=O) groups is 1. The molecular formula is C17H22N2OS. The lowest BCUT2D eigenvalue weighted by atomic mass is 10.1. The molecule has 21 heavy (non-hydrogen) atoms. The molecule has 0 aliphatic rings. The Hall–Kier alpha value is -1.81. The Bertz CT molecular complexity index is 593. The van der Waals surface area contributed by atoms with Crippen molar-refractivity contribution < 1.29 is 4.79 Å². The van der Waals surface area contributed by atoms with Crippen molar-refractivity contribution in [1.82, 2.24) is 5.32 Å². The summed E-state index contributed by atoms with van der Waals surface area (Å²) in [6, 6.07) is 10.4. The van der Waals surface area contributed by atoms with Crippen LogP contribution >= 0.6 is 11.3 Å². The summed E-state index contributed by atoms with van der Waals surface area (Å²) < 4.78 is 0. The van der Waals surface area contributed by atoms with Gasteiger partial charge in [-0.05, 0) is 43.8 Å². The normalized spacial score (nSPS) is 10.4. The number of benzene rings is 1. The first kappa shape index (κ1) is 15.6. The topological polar surface area (TPSA) is 32.3 Å². The molecule has 2 rings (SSSR count). The van der Waals surface area contributed by atoms with E-state index in [-0.39, 0.29) is 5.91 Å². The van der Waals surface area contributed by atoms with Crippen molar-refractivity contribution >= 4 is 22.9 Å². The molecule has 0 unspecified atom stereocenters. The number of carbonyl (C=O) groups excluding carboxylic acids is 1. The molecule has 0 aliphatic heterocycles. The SMILES string of the molecule is CCN(CC(=O)NCc1cccs1)c1ccc(C)cc1C. The highest BCUT2D eigenvalue weighted by Gasteiger charge is 2.12. The fourth-order valence-electron chi connectivity index (χ4n) is 2.36. The van der Waals surface area contributed by atoms with E-state index >= 15 is 0 Å². The highest BCUT2D eigenvalue weighted by Crippen LogP contribution is 2.20. The molecule has 0 radical (unpaired) electrons. The van der Waals surface area contributed by atoms with Crippen LogP contribution < -0.4 is 10.2 Å². The van der Waals surface area contributed by atoms with Gasteiger partial charge in [-0.2, -0.15) is 0 Å². The number of nitrogens with zero attached hydrogens (tertiary/aromatic N) is 1. The average molecular weight is 302 g/mol. The summed E-state index contributed by atoms with van der Waals surface area (Å²) >= 11 is 1.66. The minimum absolute atomic E-state index is 0.0604. The van der Waals surface area contributed by atoms with Gasteiger partial charge in [0, 0.05) is 17.1 Å². The van der Waals surface area contributed by atoms with Crippen molar-refractivity contribution in [2.45, 2.75) is 27.3 Å². The largest absolute Gasteiger partial charge is 0.362 e. The number of hydrogen-bond donors (Lipinski definition) is 1. The third-order valence-corrected chi connectivity index (χ3v) is 4.33. The third kappa shape index (κ3) is 4.33. The van der Waals surface area contributed by atoms with E-state index in [1.807, 2.05) is 17.5 Å². The van der Waals surface area contributed by atoms with Crippen molar-refractivity contribution in [3.05, 3.63) is 51.7 Å². The lowest BCUT2D eigenvalue weighted by molar-refractivity contribution is -0.119. The first-order valence-corrected chi connectivity index (χ1v) is 8.09. The molecule has 0 saturated carbocycles. The van der Waals surface area contributed by atoms with Crippen molar-refractivity contribution in [3.8, 4) is 0 Å². The van der Waals surface area contributed by atoms with Gasteiger partial charge < -0.3 is 10.2 Å². The van der Waals surface area contributed by atoms with Gasteiger partial charge in [-0.15, -0.1) is 11.3 Å². The molecule has 0 spiro atoms. The van der Waals surface area contributed by atoms with Crippen LogP contribution in [-0.2, 0) is 11.3 Å².